The Kier molecular flexibility index (Phi) is 5.77. The molecule has 7 heteroatoms. The molecule has 3 aromatic carbocycles. The van der Waals surface area contributed by atoms with Crippen LogP contribution in [0.4, 0.5) is 18.9 Å². The molecule has 0 aromatic heterocycles. The van der Waals surface area contributed by atoms with Crippen molar-refractivity contribution in [3.63, 3.8) is 0 Å². The summed E-state index contributed by atoms with van der Waals surface area (Å²) in [5, 5.41) is 2.51. The summed E-state index contributed by atoms with van der Waals surface area (Å²) in [6.45, 7) is 0. The maximum atomic E-state index is 12.9. The molecule has 0 radical (unpaired) electrons. The number of methoxy groups -OCH3 is 2. The molecule has 0 unspecified atom stereocenters. The van der Waals surface area contributed by atoms with Gasteiger partial charge in [-0.1, -0.05) is 18.2 Å². The Morgan fingerprint density at radius 3 is 2.34 bits per heavy atom. The Balaban J connectivity index is 1.87. The first kappa shape index (κ1) is 20.3. The lowest BCUT2D eigenvalue weighted by Gasteiger charge is -2.12. The van der Waals surface area contributed by atoms with Gasteiger partial charge in [-0.25, -0.2) is 0 Å². The number of carbonyl (C=O) groups is 1. The van der Waals surface area contributed by atoms with Crippen molar-refractivity contribution < 1.29 is 27.4 Å². The standard InChI is InChI=1S/C22H18F3NO3/c1-28-18-9-10-19(20(13-18)29-2)14-5-3-6-15(11-14)21(27)26-17-8-4-7-16(12-17)22(23,24)25/h3-13H,1-2H3,(H,26,27). The third-order valence-corrected chi connectivity index (χ3v) is 4.29. The van der Waals surface area contributed by atoms with Gasteiger partial charge in [0, 0.05) is 22.9 Å². The second kappa shape index (κ2) is 8.26. The van der Waals surface area contributed by atoms with Gasteiger partial charge in [0.05, 0.1) is 19.8 Å². The van der Waals surface area contributed by atoms with E-state index in [1.165, 1.54) is 19.2 Å². The normalized spacial score (nSPS) is 11.1. The largest absolute Gasteiger partial charge is 0.497 e. The first-order valence-electron chi connectivity index (χ1n) is 8.63. The molecule has 0 aliphatic carbocycles. The number of benzene rings is 3. The molecule has 29 heavy (non-hydrogen) atoms. The summed E-state index contributed by atoms with van der Waals surface area (Å²) < 4.78 is 49.2. The summed E-state index contributed by atoms with van der Waals surface area (Å²) in [5.74, 6) is 0.683. The van der Waals surface area contributed by atoms with Crippen LogP contribution in [0.2, 0.25) is 0 Å². The van der Waals surface area contributed by atoms with Gasteiger partial charge < -0.3 is 14.8 Å². The maximum Gasteiger partial charge on any atom is 0.416 e. The summed E-state index contributed by atoms with van der Waals surface area (Å²) in [6, 6.07) is 16.5. The molecule has 0 atom stereocenters. The molecule has 0 bridgehead atoms. The molecule has 0 fully saturated rings. The van der Waals surface area contributed by atoms with E-state index in [1.54, 1.807) is 37.4 Å². The molecule has 0 heterocycles. The lowest BCUT2D eigenvalue weighted by atomic mass is 10.0. The number of carbonyl (C=O) groups excluding carboxylic acids is 1. The Bertz CT molecular complexity index is 1030. The third kappa shape index (κ3) is 4.68. The predicted octanol–water partition coefficient (Wildman–Crippen LogP) is 5.64. The van der Waals surface area contributed by atoms with E-state index in [1.807, 2.05) is 12.1 Å². The summed E-state index contributed by atoms with van der Waals surface area (Å²) in [7, 11) is 3.08. The molecular weight excluding hydrogens is 383 g/mol. The van der Waals surface area contributed by atoms with Gasteiger partial charge in [-0.15, -0.1) is 0 Å². The molecular formula is C22H18F3NO3. The van der Waals surface area contributed by atoms with Crippen molar-refractivity contribution in [3.8, 4) is 22.6 Å². The van der Waals surface area contributed by atoms with Crippen LogP contribution in [0.5, 0.6) is 11.5 Å². The second-order valence-electron chi connectivity index (χ2n) is 6.18. The van der Waals surface area contributed by atoms with E-state index in [0.717, 1.165) is 23.3 Å². The summed E-state index contributed by atoms with van der Waals surface area (Å²) in [4.78, 5) is 12.6. The second-order valence-corrected chi connectivity index (χ2v) is 6.18. The Labute approximate surface area is 165 Å². The lowest BCUT2D eigenvalue weighted by molar-refractivity contribution is -0.137. The molecule has 0 aliphatic heterocycles. The van der Waals surface area contributed by atoms with E-state index in [9.17, 15) is 18.0 Å². The van der Waals surface area contributed by atoms with Crippen molar-refractivity contribution >= 4 is 11.6 Å². The van der Waals surface area contributed by atoms with Crippen LogP contribution in [0, 0.1) is 0 Å². The Morgan fingerprint density at radius 2 is 1.66 bits per heavy atom. The highest BCUT2D eigenvalue weighted by Gasteiger charge is 2.30. The van der Waals surface area contributed by atoms with Crippen molar-refractivity contribution in [2.24, 2.45) is 0 Å². The zero-order valence-corrected chi connectivity index (χ0v) is 15.7. The van der Waals surface area contributed by atoms with Crippen LogP contribution < -0.4 is 14.8 Å². The molecule has 0 saturated heterocycles. The lowest BCUT2D eigenvalue weighted by Crippen LogP contribution is -2.13. The van der Waals surface area contributed by atoms with Gasteiger partial charge in [-0.05, 0) is 48.0 Å². The first-order chi connectivity index (χ1) is 13.8. The van der Waals surface area contributed by atoms with E-state index in [4.69, 9.17) is 9.47 Å². The van der Waals surface area contributed by atoms with Crippen molar-refractivity contribution in [1.29, 1.82) is 0 Å². The number of hydrogen-bond donors (Lipinski definition) is 1. The Morgan fingerprint density at radius 1 is 0.897 bits per heavy atom. The highest BCUT2D eigenvalue weighted by atomic mass is 19.4. The predicted molar refractivity (Wildman–Crippen MR) is 104 cm³/mol. The number of ether oxygens (including phenoxy) is 2. The fourth-order valence-corrected chi connectivity index (χ4v) is 2.84. The maximum absolute atomic E-state index is 12.9. The van der Waals surface area contributed by atoms with Crippen LogP contribution >= 0.6 is 0 Å². The highest BCUT2D eigenvalue weighted by molar-refractivity contribution is 6.05. The number of hydrogen-bond acceptors (Lipinski definition) is 3. The first-order valence-corrected chi connectivity index (χ1v) is 8.63. The quantitative estimate of drug-likeness (QED) is 0.602. The third-order valence-electron chi connectivity index (χ3n) is 4.29. The molecule has 3 rings (SSSR count). The van der Waals surface area contributed by atoms with Gasteiger partial charge in [0.15, 0.2) is 0 Å². The summed E-state index contributed by atoms with van der Waals surface area (Å²) in [6.07, 6.45) is -4.48. The monoisotopic (exact) mass is 401 g/mol. The fourth-order valence-electron chi connectivity index (χ4n) is 2.84. The van der Waals surface area contributed by atoms with Crippen LogP contribution in [0.3, 0.4) is 0 Å². The molecule has 4 nitrogen and oxygen atoms in total. The SMILES string of the molecule is COc1ccc(-c2cccc(C(=O)Nc3cccc(C(F)(F)F)c3)c2)c(OC)c1. The smallest absolute Gasteiger partial charge is 0.416 e. The zero-order chi connectivity index (χ0) is 21.0. The molecule has 0 aliphatic rings. The van der Waals surface area contributed by atoms with Gasteiger partial charge in [-0.2, -0.15) is 13.2 Å². The van der Waals surface area contributed by atoms with Crippen LogP contribution in [0.25, 0.3) is 11.1 Å². The van der Waals surface area contributed by atoms with E-state index in [2.05, 4.69) is 5.32 Å². The van der Waals surface area contributed by atoms with Crippen molar-refractivity contribution in [1.82, 2.24) is 0 Å². The van der Waals surface area contributed by atoms with E-state index < -0.39 is 17.6 Å². The fraction of sp³-hybridized carbons (Fsp3) is 0.136. The summed E-state index contributed by atoms with van der Waals surface area (Å²) >= 11 is 0. The number of nitrogens with one attached hydrogen (secondary N) is 1. The van der Waals surface area contributed by atoms with Crippen molar-refractivity contribution in [2.75, 3.05) is 19.5 Å². The average Bonchev–Trinajstić information content (AvgIpc) is 2.73. The van der Waals surface area contributed by atoms with Crippen LogP contribution in [-0.4, -0.2) is 20.1 Å². The Hall–Kier alpha value is -3.48. The van der Waals surface area contributed by atoms with Gasteiger partial charge in [0.1, 0.15) is 11.5 Å². The number of amides is 1. The average molecular weight is 401 g/mol. The number of alkyl halides is 3. The minimum Gasteiger partial charge on any atom is -0.497 e. The zero-order valence-electron chi connectivity index (χ0n) is 15.7. The van der Waals surface area contributed by atoms with E-state index in [-0.39, 0.29) is 5.69 Å². The number of halogens is 3. The van der Waals surface area contributed by atoms with Gasteiger partial charge in [-0.3, -0.25) is 4.79 Å². The molecule has 3 aromatic rings. The van der Waals surface area contributed by atoms with Gasteiger partial charge >= 0.3 is 6.18 Å². The molecule has 1 amide bonds. The van der Waals surface area contributed by atoms with E-state index in [0.29, 0.717) is 17.1 Å². The summed E-state index contributed by atoms with van der Waals surface area (Å²) in [5.41, 5.74) is 1.02. The number of rotatable bonds is 5. The van der Waals surface area contributed by atoms with Gasteiger partial charge in [0.25, 0.3) is 5.91 Å². The minimum absolute atomic E-state index is 0.0669. The molecule has 0 spiro atoms. The topological polar surface area (TPSA) is 47.6 Å². The van der Waals surface area contributed by atoms with Gasteiger partial charge in [0.2, 0.25) is 0 Å². The molecule has 150 valence electrons. The van der Waals surface area contributed by atoms with E-state index >= 15 is 0 Å². The molecule has 0 saturated carbocycles. The van der Waals surface area contributed by atoms with Crippen molar-refractivity contribution in [2.45, 2.75) is 6.18 Å². The molecule has 1 N–H and O–H groups in total. The van der Waals surface area contributed by atoms with Crippen LogP contribution in [0.1, 0.15) is 15.9 Å². The van der Waals surface area contributed by atoms with Crippen LogP contribution in [-0.2, 0) is 6.18 Å². The highest BCUT2D eigenvalue weighted by Crippen LogP contribution is 2.34. The minimum atomic E-state index is -4.48. The van der Waals surface area contributed by atoms with Crippen LogP contribution in [0.15, 0.2) is 66.7 Å². The van der Waals surface area contributed by atoms with Crippen molar-refractivity contribution in [3.05, 3.63) is 77.9 Å². The number of anilines is 1.